The SMILES string of the molecule is CCOc1cc([C@H]2C[C@H](CC(=O)O)CC[C@H]2N)ccc1OC. The van der Waals surface area contributed by atoms with Crippen molar-refractivity contribution in [1.29, 1.82) is 0 Å². The summed E-state index contributed by atoms with van der Waals surface area (Å²) in [6.07, 6.45) is 2.78. The van der Waals surface area contributed by atoms with Crippen molar-refractivity contribution in [3.63, 3.8) is 0 Å². The zero-order valence-corrected chi connectivity index (χ0v) is 13.2. The first kappa shape index (κ1) is 16.6. The summed E-state index contributed by atoms with van der Waals surface area (Å²) in [5.41, 5.74) is 7.38. The number of aliphatic carboxylic acids is 1. The van der Waals surface area contributed by atoms with Gasteiger partial charge in [-0.1, -0.05) is 6.07 Å². The van der Waals surface area contributed by atoms with Crippen molar-refractivity contribution in [2.24, 2.45) is 11.7 Å². The fraction of sp³-hybridized carbons (Fsp3) is 0.588. The highest BCUT2D eigenvalue weighted by Gasteiger charge is 2.30. The van der Waals surface area contributed by atoms with Crippen LogP contribution in [0.3, 0.4) is 0 Å². The summed E-state index contributed by atoms with van der Waals surface area (Å²) < 4.78 is 10.9. The standard InChI is InChI=1S/C17H25NO4/c1-3-22-16-10-12(5-7-15(16)21-2)13-8-11(9-17(19)20)4-6-14(13)18/h5,7,10-11,13-14H,3-4,6,8-9,18H2,1-2H3,(H,19,20)/t11-,13-,14-/m1/s1. The lowest BCUT2D eigenvalue weighted by molar-refractivity contribution is -0.138. The van der Waals surface area contributed by atoms with Gasteiger partial charge in [-0.25, -0.2) is 0 Å². The van der Waals surface area contributed by atoms with Gasteiger partial charge in [-0.05, 0) is 55.7 Å². The van der Waals surface area contributed by atoms with Gasteiger partial charge in [0.1, 0.15) is 0 Å². The Balaban J connectivity index is 2.20. The molecule has 1 fully saturated rings. The Morgan fingerprint density at radius 1 is 1.36 bits per heavy atom. The third kappa shape index (κ3) is 3.91. The molecule has 122 valence electrons. The molecule has 1 aromatic rings. The molecule has 1 aromatic carbocycles. The van der Waals surface area contributed by atoms with Crippen LogP contribution in [0.15, 0.2) is 18.2 Å². The molecule has 22 heavy (non-hydrogen) atoms. The first-order valence-corrected chi connectivity index (χ1v) is 7.83. The van der Waals surface area contributed by atoms with E-state index >= 15 is 0 Å². The Morgan fingerprint density at radius 2 is 2.14 bits per heavy atom. The van der Waals surface area contributed by atoms with Crippen LogP contribution in [0.2, 0.25) is 0 Å². The van der Waals surface area contributed by atoms with Crippen LogP contribution in [0, 0.1) is 5.92 Å². The van der Waals surface area contributed by atoms with Crippen molar-refractivity contribution >= 4 is 5.97 Å². The van der Waals surface area contributed by atoms with Crippen LogP contribution in [-0.2, 0) is 4.79 Å². The van der Waals surface area contributed by atoms with E-state index in [9.17, 15) is 4.79 Å². The summed E-state index contributed by atoms with van der Waals surface area (Å²) in [5, 5.41) is 9.00. The molecule has 3 atom stereocenters. The van der Waals surface area contributed by atoms with Crippen LogP contribution in [0.1, 0.15) is 44.1 Å². The Bertz CT molecular complexity index is 517. The van der Waals surface area contributed by atoms with Gasteiger partial charge in [0, 0.05) is 12.5 Å². The minimum absolute atomic E-state index is 0.0629. The second kappa shape index (κ2) is 7.49. The van der Waals surface area contributed by atoms with Crippen molar-refractivity contribution in [3.8, 4) is 11.5 Å². The van der Waals surface area contributed by atoms with Gasteiger partial charge in [0.2, 0.25) is 0 Å². The normalized spacial score (nSPS) is 24.8. The second-order valence-electron chi connectivity index (χ2n) is 5.89. The number of methoxy groups -OCH3 is 1. The molecular weight excluding hydrogens is 282 g/mol. The number of hydrogen-bond donors (Lipinski definition) is 2. The van der Waals surface area contributed by atoms with E-state index in [0.717, 1.165) is 30.6 Å². The number of hydrogen-bond acceptors (Lipinski definition) is 4. The molecule has 0 unspecified atom stereocenters. The van der Waals surface area contributed by atoms with Gasteiger partial charge in [-0.3, -0.25) is 4.79 Å². The minimum Gasteiger partial charge on any atom is -0.493 e. The molecule has 0 aliphatic heterocycles. The zero-order valence-electron chi connectivity index (χ0n) is 13.2. The summed E-state index contributed by atoms with van der Waals surface area (Å²) in [7, 11) is 1.62. The molecule has 0 saturated heterocycles. The van der Waals surface area contributed by atoms with Crippen LogP contribution in [0.25, 0.3) is 0 Å². The first-order chi connectivity index (χ1) is 10.5. The Morgan fingerprint density at radius 3 is 2.77 bits per heavy atom. The zero-order chi connectivity index (χ0) is 16.1. The fourth-order valence-corrected chi connectivity index (χ4v) is 3.29. The number of nitrogens with two attached hydrogens (primary N) is 1. The molecule has 3 N–H and O–H groups in total. The van der Waals surface area contributed by atoms with Gasteiger partial charge < -0.3 is 20.3 Å². The van der Waals surface area contributed by atoms with Crippen molar-refractivity contribution in [3.05, 3.63) is 23.8 Å². The maximum atomic E-state index is 10.9. The van der Waals surface area contributed by atoms with Gasteiger partial charge in [0.05, 0.1) is 13.7 Å². The lowest BCUT2D eigenvalue weighted by Gasteiger charge is -2.34. The molecule has 1 aliphatic carbocycles. The molecule has 0 amide bonds. The van der Waals surface area contributed by atoms with Crippen LogP contribution in [0.4, 0.5) is 0 Å². The van der Waals surface area contributed by atoms with Crippen LogP contribution in [-0.4, -0.2) is 30.8 Å². The van der Waals surface area contributed by atoms with Gasteiger partial charge in [0.25, 0.3) is 0 Å². The highest BCUT2D eigenvalue weighted by atomic mass is 16.5. The molecule has 0 aromatic heterocycles. The molecular formula is C17H25NO4. The van der Waals surface area contributed by atoms with Crippen LogP contribution < -0.4 is 15.2 Å². The summed E-state index contributed by atoms with van der Waals surface area (Å²) in [6.45, 7) is 2.50. The van der Waals surface area contributed by atoms with Crippen LogP contribution >= 0.6 is 0 Å². The maximum Gasteiger partial charge on any atom is 0.303 e. The van der Waals surface area contributed by atoms with E-state index in [1.807, 2.05) is 25.1 Å². The average molecular weight is 307 g/mol. The number of carboxylic acid groups (broad SMARTS) is 1. The van der Waals surface area contributed by atoms with E-state index in [0.29, 0.717) is 12.4 Å². The summed E-state index contributed by atoms with van der Waals surface area (Å²) in [4.78, 5) is 10.9. The lowest BCUT2D eigenvalue weighted by Crippen LogP contribution is -2.35. The minimum atomic E-state index is -0.732. The van der Waals surface area contributed by atoms with E-state index in [4.69, 9.17) is 20.3 Å². The van der Waals surface area contributed by atoms with E-state index < -0.39 is 5.97 Å². The highest BCUT2D eigenvalue weighted by Crippen LogP contribution is 2.39. The first-order valence-electron chi connectivity index (χ1n) is 7.83. The molecule has 0 heterocycles. The molecule has 1 aliphatic rings. The number of benzene rings is 1. The maximum absolute atomic E-state index is 10.9. The monoisotopic (exact) mass is 307 g/mol. The predicted molar refractivity (Wildman–Crippen MR) is 84.5 cm³/mol. The molecule has 5 heteroatoms. The molecule has 1 saturated carbocycles. The molecule has 0 bridgehead atoms. The van der Waals surface area contributed by atoms with Crippen LogP contribution in [0.5, 0.6) is 11.5 Å². The lowest BCUT2D eigenvalue weighted by atomic mass is 9.74. The Labute approximate surface area is 131 Å². The highest BCUT2D eigenvalue weighted by molar-refractivity contribution is 5.67. The van der Waals surface area contributed by atoms with Crippen molar-refractivity contribution < 1.29 is 19.4 Å². The number of ether oxygens (including phenoxy) is 2. The van der Waals surface area contributed by atoms with Crippen molar-refractivity contribution in [1.82, 2.24) is 0 Å². The Kier molecular flexibility index (Phi) is 5.66. The molecule has 5 nitrogen and oxygen atoms in total. The summed E-state index contributed by atoms with van der Waals surface area (Å²) in [6, 6.07) is 5.95. The smallest absolute Gasteiger partial charge is 0.303 e. The molecule has 2 rings (SSSR count). The molecule has 0 radical (unpaired) electrons. The van der Waals surface area contributed by atoms with Gasteiger partial charge >= 0.3 is 5.97 Å². The van der Waals surface area contributed by atoms with Gasteiger partial charge in [-0.15, -0.1) is 0 Å². The van der Waals surface area contributed by atoms with Gasteiger partial charge in [0.15, 0.2) is 11.5 Å². The van der Waals surface area contributed by atoms with E-state index in [2.05, 4.69) is 0 Å². The summed E-state index contributed by atoms with van der Waals surface area (Å²) in [5.74, 6) is 1.05. The predicted octanol–water partition coefficient (Wildman–Crippen LogP) is 2.78. The third-order valence-electron chi connectivity index (χ3n) is 4.39. The number of carbonyl (C=O) groups is 1. The van der Waals surface area contributed by atoms with Crippen molar-refractivity contribution in [2.45, 2.75) is 44.6 Å². The average Bonchev–Trinajstić information content (AvgIpc) is 2.49. The van der Waals surface area contributed by atoms with Gasteiger partial charge in [-0.2, -0.15) is 0 Å². The van der Waals surface area contributed by atoms with E-state index in [-0.39, 0.29) is 24.3 Å². The Hall–Kier alpha value is -1.75. The van der Waals surface area contributed by atoms with E-state index in [1.54, 1.807) is 7.11 Å². The summed E-state index contributed by atoms with van der Waals surface area (Å²) >= 11 is 0. The third-order valence-corrected chi connectivity index (χ3v) is 4.39. The second-order valence-corrected chi connectivity index (χ2v) is 5.89. The fourth-order valence-electron chi connectivity index (χ4n) is 3.29. The largest absolute Gasteiger partial charge is 0.493 e. The quantitative estimate of drug-likeness (QED) is 0.844. The molecule has 0 spiro atoms. The van der Waals surface area contributed by atoms with E-state index in [1.165, 1.54) is 0 Å². The number of rotatable bonds is 6. The number of carboxylic acids is 1. The topological polar surface area (TPSA) is 81.8 Å². The van der Waals surface area contributed by atoms with Crippen molar-refractivity contribution in [2.75, 3.05) is 13.7 Å².